The van der Waals surface area contributed by atoms with Gasteiger partial charge in [0.05, 0.1) is 12.8 Å². The second-order valence-electron chi connectivity index (χ2n) is 6.09. The van der Waals surface area contributed by atoms with Crippen molar-refractivity contribution in [1.82, 2.24) is 10.2 Å². The molecule has 0 aliphatic heterocycles. The number of hydrogen-bond donors (Lipinski definition) is 2. The van der Waals surface area contributed by atoms with E-state index >= 15 is 0 Å². The molecular weight excluding hydrogens is 268 g/mol. The molecule has 5 nitrogen and oxygen atoms in total. The Balaban J connectivity index is 2.57. The number of carboxylic acids is 1. The first kappa shape index (κ1) is 15.1. The monoisotopic (exact) mass is 288 g/mol. The van der Waals surface area contributed by atoms with E-state index in [0.29, 0.717) is 5.69 Å². The van der Waals surface area contributed by atoms with Gasteiger partial charge in [0, 0.05) is 5.56 Å². The van der Waals surface area contributed by atoms with Crippen LogP contribution < -0.4 is 4.74 Å². The smallest absolute Gasteiger partial charge is 0.353 e. The lowest BCUT2D eigenvalue weighted by molar-refractivity contribution is 0.0690. The van der Waals surface area contributed by atoms with Crippen LogP contribution in [0.25, 0.3) is 11.3 Å². The number of nitrogens with zero attached hydrogens (tertiary/aromatic N) is 1. The van der Waals surface area contributed by atoms with Gasteiger partial charge in [-0.05, 0) is 35.6 Å². The summed E-state index contributed by atoms with van der Waals surface area (Å²) in [5.41, 5.74) is 3.65. The predicted molar refractivity (Wildman–Crippen MR) is 81.0 cm³/mol. The van der Waals surface area contributed by atoms with E-state index in [2.05, 4.69) is 37.0 Å². The number of carboxylic acid groups (broad SMARTS) is 1. The van der Waals surface area contributed by atoms with Crippen molar-refractivity contribution in [2.75, 3.05) is 7.11 Å². The second-order valence-corrected chi connectivity index (χ2v) is 6.09. The Labute approximate surface area is 124 Å². The van der Waals surface area contributed by atoms with Gasteiger partial charge in [-0.25, -0.2) is 4.79 Å². The Morgan fingerprint density at radius 3 is 2.43 bits per heavy atom. The maximum atomic E-state index is 10.9. The average molecular weight is 288 g/mol. The molecule has 1 aromatic carbocycles. The largest absolute Gasteiger partial charge is 0.496 e. The van der Waals surface area contributed by atoms with Gasteiger partial charge in [-0.3, -0.25) is 5.10 Å². The fourth-order valence-electron chi connectivity index (χ4n) is 2.29. The van der Waals surface area contributed by atoms with Gasteiger partial charge in [0.25, 0.3) is 0 Å². The third-order valence-corrected chi connectivity index (χ3v) is 3.44. The molecule has 0 fully saturated rings. The van der Waals surface area contributed by atoms with Gasteiger partial charge in [0.2, 0.25) is 0 Å². The van der Waals surface area contributed by atoms with Gasteiger partial charge in [-0.1, -0.05) is 26.8 Å². The Morgan fingerprint density at radius 1 is 1.29 bits per heavy atom. The molecule has 2 aromatic rings. The van der Waals surface area contributed by atoms with Crippen molar-refractivity contribution < 1.29 is 14.6 Å². The number of benzene rings is 1. The Hall–Kier alpha value is -2.30. The summed E-state index contributed by atoms with van der Waals surface area (Å²) in [6.07, 6.45) is 0. The number of aromatic amines is 1. The molecule has 0 bridgehead atoms. The maximum Gasteiger partial charge on any atom is 0.353 e. The van der Waals surface area contributed by atoms with Gasteiger partial charge in [0.1, 0.15) is 11.4 Å². The first-order valence-electron chi connectivity index (χ1n) is 6.72. The molecule has 21 heavy (non-hydrogen) atoms. The van der Waals surface area contributed by atoms with Gasteiger partial charge in [0.15, 0.2) is 0 Å². The fourth-order valence-corrected chi connectivity index (χ4v) is 2.29. The summed E-state index contributed by atoms with van der Waals surface area (Å²) in [5.74, 6) is -0.243. The minimum Gasteiger partial charge on any atom is -0.496 e. The van der Waals surface area contributed by atoms with Crippen molar-refractivity contribution in [2.24, 2.45) is 0 Å². The highest BCUT2D eigenvalue weighted by Crippen LogP contribution is 2.36. The van der Waals surface area contributed by atoms with E-state index in [0.717, 1.165) is 22.4 Å². The number of hydrogen-bond acceptors (Lipinski definition) is 3. The number of H-pyrrole nitrogens is 1. The van der Waals surface area contributed by atoms with Crippen LogP contribution in [0.3, 0.4) is 0 Å². The van der Waals surface area contributed by atoms with Crippen LogP contribution in [0.4, 0.5) is 0 Å². The van der Waals surface area contributed by atoms with Crippen LogP contribution in [0, 0.1) is 6.92 Å². The summed E-state index contributed by atoms with van der Waals surface area (Å²) in [7, 11) is 1.64. The van der Waals surface area contributed by atoms with Crippen LogP contribution in [0.15, 0.2) is 18.2 Å². The third kappa shape index (κ3) is 2.91. The van der Waals surface area contributed by atoms with Crippen molar-refractivity contribution in [1.29, 1.82) is 0 Å². The molecule has 0 unspecified atom stereocenters. The van der Waals surface area contributed by atoms with Crippen LogP contribution in [0.1, 0.15) is 42.4 Å². The lowest BCUT2D eigenvalue weighted by Gasteiger charge is -2.23. The lowest BCUT2D eigenvalue weighted by atomic mass is 9.84. The summed E-state index contributed by atoms with van der Waals surface area (Å²) in [4.78, 5) is 10.9. The molecular formula is C16H20N2O3. The van der Waals surface area contributed by atoms with Crippen molar-refractivity contribution in [3.63, 3.8) is 0 Å². The minimum atomic E-state index is -1.02. The highest BCUT2D eigenvalue weighted by molar-refractivity contribution is 5.87. The zero-order valence-corrected chi connectivity index (χ0v) is 12.9. The Morgan fingerprint density at radius 2 is 1.95 bits per heavy atom. The molecule has 0 aliphatic rings. The normalized spacial score (nSPS) is 11.5. The zero-order valence-electron chi connectivity index (χ0n) is 12.9. The van der Waals surface area contributed by atoms with Crippen molar-refractivity contribution >= 4 is 5.97 Å². The molecule has 0 radical (unpaired) electrons. The van der Waals surface area contributed by atoms with Crippen molar-refractivity contribution in [3.8, 4) is 17.0 Å². The van der Waals surface area contributed by atoms with Crippen molar-refractivity contribution in [3.05, 3.63) is 35.0 Å². The molecule has 0 atom stereocenters. The van der Waals surface area contributed by atoms with E-state index in [1.807, 2.05) is 13.0 Å². The fraction of sp³-hybridized carbons (Fsp3) is 0.375. The van der Waals surface area contributed by atoms with Crippen molar-refractivity contribution in [2.45, 2.75) is 33.1 Å². The summed E-state index contributed by atoms with van der Waals surface area (Å²) in [6.45, 7) is 8.36. The number of nitrogens with one attached hydrogen (secondary N) is 1. The maximum absolute atomic E-state index is 10.9. The highest BCUT2D eigenvalue weighted by Gasteiger charge is 2.21. The molecule has 5 heteroatoms. The molecule has 0 aliphatic carbocycles. The Bertz CT molecular complexity index is 681. The van der Waals surface area contributed by atoms with Gasteiger partial charge >= 0.3 is 5.97 Å². The van der Waals surface area contributed by atoms with Gasteiger partial charge < -0.3 is 9.84 Å². The quantitative estimate of drug-likeness (QED) is 0.907. The standard InChI is InChI=1S/C16H20N2O3/c1-9-6-11(16(2,3)4)14(21-5)7-10(9)12-8-13(15(19)20)18-17-12/h6-8H,1-5H3,(H,17,18)(H,19,20). The van der Waals surface area contributed by atoms with E-state index in [1.54, 1.807) is 7.11 Å². The number of rotatable bonds is 3. The van der Waals surface area contributed by atoms with Gasteiger partial charge in [-0.2, -0.15) is 5.10 Å². The molecule has 0 spiro atoms. The summed E-state index contributed by atoms with van der Waals surface area (Å²) in [5, 5.41) is 15.6. The van der Waals surface area contributed by atoms with Crippen LogP contribution in [0.5, 0.6) is 5.75 Å². The molecule has 0 saturated heterocycles. The SMILES string of the molecule is COc1cc(-c2cc(C(=O)O)[nH]n2)c(C)cc1C(C)(C)C. The number of methoxy groups -OCH3 is 1. The third-order valence-electron chi connectivity index (χ3n) is 3.44. The summed E-state index contributed by atoms with van der Waals surface area (Å²) < 4.78 is 5.49. The van der Waals surface area contributed by atoms with Gasteiger partial charge in [-0.15, -0.1) is 0 Å². The van der Waals surface area contributed by atoms with Crippen LogP contribution >= 0.6 is 0 Å². The number of aromatic nitrogens is 2. The number of aromatic carboxylic acids is 1. The lowest BCUT2D eigenvalue weighted by Crippen LogP contribution is -2.13. The molecule has 2 rings (SSSR count). The molecule has 0 saturated carbocycles. The number of ether oxygens (including phenoxy) is 1. The van der Waals surface area contributed by atoms with E-state index in [1.165, 1.54) is 6.07 Å². The number of carbonyl (C=O) groups is 1. The van der Waals surface area contributed by atoms with Crippen LogP contribution in [-0.4, -0.2) is 28.4 Å². The van der Waals surface area contributed by atoms with Crippen LogP contribution in [-0.2, 0) is 5.41 Å². The first-order chi connectivity index (χ1) is 9.74. The first-order valence-corrected chi connectivity index (χ1v) is 6.72. The minimum absolute atomic E-state index is 0.0353. The molecule has 0 amide bonds. The van der Waals surface area contributed by atoms with Crippen LogP contribution in [0.2, 0.25) is 0 Å². The molecule has 1 heterocycles. The molecule has 2 N–H and O–H groups in total. The zero-order chi connectivity index (χ0) is 15.8. The topological polar surface area (TPSA) is 75.2 Å². The average Bonchev–Trinajstić information content (AvgIpc) is 2.87. The van der Waals surface area contributed by atoms with E-state index in [-0.39, 0.29) is 11.1 Å². The molecule has 1 aromatic heterocycles. The number of aryl methyl sites for hydroxylation is 1. The summed E-state index contributed by atoms with van der Waals surface area (Å²) in [6, 6.07) is 5.52. The predicted octanol–water partition coefficient (Wildman–Crippen LogP) is 3.39. The summed E-state index contributed by atoms with van der Waals surface area (Å²) >= 11 is 0. The van der Waals surface area contributed by atoms with E-state index in [9.17, 15) is 4.79 Å². The highest BCUT2D eigenvalue weighted by atomic mass is 16.5. The van der Waals surface area contributed by atoms with E-state index < -0.39 is 5.97 Å². The van der Waals surface area contributed by atoms with E-state index in [4.69, 9.17) is 9.84 Å². The Kier molecular flexibility index (Phi) is 3.77. The molecule has 112 valence electrons. The second kappa shape index (κ2) is 5.24.